The molecule has 4 nitrogen and oxygen atoms in total. The first-order valence-electron chi connectivity index (χ1n) is 5.29. The molecule has 1 amide bonds. The maximum Gasteiger partial charge on any atom is 0.328 e. The summed E-state index contributed by atoms with van der Waals surface area (Å²) in [5.74, 6) is -0.752. The van der Waals surface area contributed by atoms with E-state index in [1.165, 1.54) is 6.08 Å². The second kappa shape index (κ2) is 3.68. The van der Waals surface area contributed by atoms with Crippen molar-refractivity contribution in [1.29, 1.82) is 0 Å². The third kappa shape index (κ3) is 1.89. The molecule has 0 radical (unpaired) electrons. The Kier molecular flexibility index (Phi) is 2.50. The highest BCUT2D eigenvalue weighted by Gasteiger charge is 2.39. The first-order chi connectivity index (χ1) is 7.08. The van der Waals surface area contributed by atoms with Gasteiger partial charge in [-0.3, -0.25) is 4.79 Å². The number of nitrogens with zero attached hydrogens (tertiary/aromatic N) is 1. The summed E-state index contributed by atoms with van der Waals surface area (Å²) in [7, 11) is 0. The van der Waals surface area contributed by atoms with E-state index >= 15 is 0 Å². The Hall–Kier alpha value is -1.32. The lowest BCUT2D eigenvalue weighted by Crippen LogP contribution is -2.43. The third-order valence-corrected chi connectivity index (χ3v) is 3.31. The van der Waals surface area contributed by atoms with Gasteiger partial charge in [0.1, 0.15) is 0 Å². The van der Waals surface area contributed by atoms with Crippen LogP contribution in [0.4, 0.5) is 0 Å². The summed E-state index contributed by atoms with van der Waals surface area (Å²) >= 11 is 0. The molecule has 2 atom stereocenters. The highest BCUT2D eigenvalue weighted by atomic mass is 16.4. The van der Waals surface area contributed by atoms with Crippen molar-refractivity contribution in [3.63, 3.8) is 0 Å². The van der Waals surface area contributed by atoms with Crippen molar-refractivity contribution in [3.05, 3.63) is 11.6 Å². The number of carboxylic acid groups (broad SMARTS) is 1. The third-order valence-electron chi connectivity index (χ3n) is 3.31. The molecule has 2 saturated heterocycles. The second-order valence-corrected chi connectivity index (χ2v) is 4.36. The van der Waals surface area contributed by atoms with Crippen LogP contribution in [-0.4, -0.2) is 34.0 Å². The average molecular weight is 209 g/mol. The van der Waals surface area contributed by atoms with Crippen LogP contribution in [0.2, 0.25) is 0 Å². The molecular weight excluding hydrogens is 194 g/mol. The van der Waals surface area contributed by atoms with Gasteiger partial charge in [0.15, 0.2) is 0 Å². The van der Waals surface area contributed by atoms with Gasteiger partial charge in [0, 0.05) is 25.1 Å². The van der Waals surface area contributed by atoms with E-state index in [2.05, 4.69) is 0 Å². The number of amides is 1. The molecule has 2 fully saturated rings. The minimum atomic E-state index is -0.874. The Bertz CT molecular complexity index is 319. The molecule has 0 spiro atoms. The number of carbonyl (C=O) groups is 2. The average Bonchev–Trinajstić information content (AvgIpc) is 2.38. The Labute approximate surface area is 88.6 Å². The van der Waals surface area contributed by atoms with Crippen LogP contribution in [0, 0.1) is 0 Å². The minimum Gasteiger partial charge on any atom is -0.478 e. The Morgan fingerprint density at radius 3 is 2.27 bits per heavy atom. The van der Waals surface area contributed by atoms with Crippen molar-refractivity contribution in [2.45, 2.75) is 44.7 Å². The van der Waals surface area contributed by atoms with Gasteiger partial charge in [0.05, 0.1) is 0 Å². The van der Waals surface area contributed by atoms with Gasteiger partial charge in [-0.2, -0.15) is 0 Å². The summed E-state index contributed by atoms with van der Waals surface area (Å²) in [6.45, 7) is 1.59. The minimum absolute atomic E-state index is 0.122. The number of carboxylic acids is 1. The molecule has 2 aliphatic rings. The Morgan fingerprint density at radius 1 is 1.33 bits per heavy atom. The van der Waals surface area contributed by atoms with Crippen molar-refractivity contribution in [3.8, 4) is 0 Å². The van der Waals surface area contributed by atoms with Crippen molar-refractivity contribution >= 4 is 11.9 Å². The van der Waals surface area contributed by atoms with E-state index in [4.69, 9.17) is 5.11 Å². The van der Waals surface area contributed by atoms with Crippen LogP contribution < -0.4 is 0 Å². The highest BCUT2D eigenvalue weighted by molar-refractivity contribution is 5.81. The quantitative estimate of drug-likeness (QED) is 0.659. The molecule has 4 heteroatoms. The van der Waals surface area contributed by atoms with Gasteiger partial charge in [0.2, 0.25) is 5.91 Å². The van der Waals surface area contributed by atoms with Crippen LogP contribution in [0.25, 0.3) is 0 Å². The maximum absolute atomic E-state index is 11.4. The largest absolute Gasteiger partial charge is 0.478 e. The van der Waals surface area contributed by atoms with E-state index in [9.17, 15) is 9.59 Å². The zero-order valence-electron chi connectivity index (χ0n) is 8.77. The first kappa shape index (κ1) is 10.2. The standard InChI is InChI=1S/C11H15NO3/c1-7(13)12-9-2-3-10(12)5-8(4-9)6-11(14)15/h6,9-10H,2-5H2,1H3,(H,14,15). The second-order valence-electron chi connectivity index (χ2n) is 4.36. The predicted molar refractivity (Wildman–Crippen MR) is 54.3 cm³/mol. The van der Waals surface area contributed by atoms with Crippen LogP contribution in [0.3, 0.4) is 0 Å². The number of carbonyl (C=O) groups excluding carboxylic acids is 1. The number of rotatable bonds is 1. The van der Waals surface area contributed by atoms with E-state index in [1.807, 2.05) is 4.90 Å². The topological polar surface area (TPSA) is 57.6 Å². The van der Waals surface area contributed by atoms with E-state index in [0.29, 0.717) is 0 Å². The molecule has 2 heterocycles. The molecular formula is C11H15NO3. The fourth-order valence-electron chi connectivity index (χ4n) is 2.86. The molecule has 0 aromatic carbocycles. The number of fused-ring (bicyclic) bond motifs is 2. The summed E-state index contributed by atoms with van der Waals surface area (Å²) < 4.78 is 0. The van der Waals surface area contributed by atoms with E-state index in [-0.39, 0.29) is 18.0 Å². The summed E-state index contributed by atoms with van der Waals surface area (Å²) in [5.41, 5.74) is 0.979. The van der Waals surface area contributed by atoms with Crippen molar-refractivity contribution in [2.75, 3.05) is 0 Å². The SMILES string of the molecule is CC(=O)N1C2CCC1CC(=CC(=O)O)C2. The van der Waals surface area contributed by atoms with Crippen molar-refractivity contribution < 1.29 is 14.7 Å². The molecule has 0 aromatic rings. The summed E-state index contributed by atoms with van der Waals surface area (Å²) in [6, 6.07) is 0.485. The highest BCUT2D eigenvalue weighted by Crippen LogP contribution is 2.38. The molecule has 0 aromatic heterocycles. The number of aliphatic carboxylic acids is 1. The van der Waals surface area contributed by atoms with Crippen LogP contribution >= 0.6 is 0 Å². The molecule has 15 heavy (non-hydrogen) atoms. The molecule has 2 aliphatic heterocycles. The van der Waals surface area contributed by atoms with E-state index < -0.39 is 5.97 Å². The van der Waals surface area contributed by atoms with Gasteiger partial charge < -0.3 is 10.0 Å². The first-order valence-corrected chi connectivity index (χ1v) is 5.29. The molecule has 0 aliphatic carbocycles. The number of piperidine rings is 1. The van der Waals surface area contributed by atoms with Crippen LogP contribution in [-0.2, 0) is 9.59 Å². The zero-order chi connectivity index (χ0) is 11.0. The lowest BCUT2D eigenvalue weighted by atomic mass is 9.96. The molecule has 1 N–H and O–H groups in total. The van der Waals surface area contributed by atoms with Gasteiger partial charge in [-0.1, -0.05) is 5.57 Å². The number of hydrogen-bond acceptors (Lipinski definition) is 2. The van der Waals surface area contributed by atoms with Gasteiger partial charge in [-0.05, 0) is 25.7 Å². The van der Waals surface area contributed by atoms with Crippen LogP contribution in [0.5, 0.6) is 0 Å². The normalized spacial score (nSPS) is 29.1. The Balaban J connectivity index is 2.14. The lowest BCUT2D eigenvalue weighted by molar-refractivity contribution is -0.132. The van der Waals surface area contributed by atoms with Gasteiger partial charge in [-0.15, -0.1) is 0 Å². The van der Waals surface area contributed by atoms with Crippen LogP contribution in [0.15, 0.2) is 11.6 Å². The maximum atomic E-state index is 11.4. The predicted octanol–water partition coefficient (Wildman–Crippen LogP) is 1.17. The smallest absolute Gasteiger partial charge is 0.328 e. The molecule has 82 valence electrons. The van der Waals surface area contributed by atoms with Gasteiger partial charge in [-0.25, -0.2) is 4.79 Å². The molecule has 2 unspecified atom stereocenters. The van der Waals surface area contributed by atoms with Gasteiger partial charge in [0.25, 0.3) is 0 Å². The summed E-state index contributed by atoms with van der Waals surface area (Å²) in [5, 5.41) is 8.68. The monoisotopic (exact) mass is 209 g/mol. The fraction of sp³-hybridized carbons (Fsp3) is 0.636. The van der Waals surface area contributed by atoms with Crippen molar-refractivity contribution in [2.24, 2.45) is 0 Å². The zero-order valence-corrected chi connectivity index (χ0v) is 8.77. The van der Waals surface area contributed by atoms with Crippen molar-refractivity contribution in [1.82, 2.24) is 4.90 Å². The molecule has 2 rings (SSSR count). The number of hydrogen-bond donors (Lipinski definition) is 1. The lowest BCUT2D eigenvalue weighted by Gasteiger charge is -2.35. The molecule has 2 bridgehead atoms. The van der Waals surface area contributed by atoms with E-state index in [0.717, 1.165) is 31.3 Å². The summed E-state index contributed by atoms with van der Waals surface area (Å²) in [4.78, 5) is 23.9. The Morgan fingerprint density at radius 2 is 1.87 bits per heavy atom. The molecule has 0 saturated carbocycles. The van der Waals surface area contributed by atoms with Gasteiger partial charge >= 0.3 is 5.97 Å². The van der Waals surface area contributed by atoms with E-state index in [1.54, 1.807) is 6.92 Å². The fourth-order valence-corrected chi connectivity index (χ4v) is 2.86. The summed E-state index contributed by atoms with van der Waals surface area (Å²) in [6.07, 6.45) is 4.82. The van der Waals surface area contributed by atoms with Crippen LogP contribution in [0.1, 0.15) is 32.6 Å².